The van der Waals surface area contributed by atoms with Gasteiger partial charge in [0.15, 0.2) is 0 Å². The molecule has 2 aromatic rings. The highest BCUT2D eigenvalue weighted by molar-refractivity contribution is 5.48. The largest absolute Gasteiger partial charge is 0.507 e. The highest BCUT2D eigenvalue weighted by atomic mass is 16.5. The molecule has 5 nitrogen and oxygen atoms in total. The number of hydrogen-bond acceptors (Lipinski definition) is 5. The van der Waals surface area contributed by atoms with Gasteiger partial charge in [-0.15, -0.1) is 0 Å². The molecule has 0 aliphatic rings. The Morgan fingerprint density at radius 1 is 1.04 bits per heavy atom. The molecule has 1 heterocycles. The van der Waals surface area contributed by atoms with E-state index >= 15 is 0 Å². The van der Waals surface area contributed by atoms with Gasteiger partial charge in [0.05, 0.1) is 13.2 Å². The molecule has 25 heavy (non-hydrogen) atoms. The Labute approximate surface area is 150 Å². The van der Waals surface area contributed by atoms with Gasteiger partial charge in [-0.2, -0.15) is 0 Å². The van der Waals surface area contributed by atoms with Gasteiger partial charge in [0.1, 0.15) is 11.5 Å². The quantitative estimate of drug-likeness (QED) is 0.650. The average molecular weight is 344 g/mol. The summed E-state index contributed by atoms with van der Waals surface area (Å²) in [5, 5.41) is 10.3. The summed E-state index contributed by atoms with van der Waals surface area (Å²) in [6.07, 6.45) is 7.00. The smallest absolute Gasteiger partial charge is 0.316 e. The molecule has 5 heteroatoms. The van der Waals surface area contributed by atoms with Crippen molar-refractivity contribution in [2.45, 2.75) is 46.5 Å². The van der Waals surface area contributed by atoms with Crippen LogP contribution in [0.25, 0.3) is 0 Å². The number of aryl methyl sites for hydroxylation is 1. The summed E-state index contributed by atoms with van der Waals surface area (Å²) in [5.41, 5.74) is 1.81. The van der Waals surface area contributed by atoms with Crippen LogP contribution in [0.1, 0.15) is 44.2 Å². The van der Waals surface area contributed by atoms with Gasteiger partial charge in [0.2, 0.25) is 0 Å². The monoisotopic (exact) mass is 344 g/mol. The van der Waals surface area contributed by atoms with Crippen molar-refractivity contribution in [2.24, 2.45) is 5.92 Å². The van der Waals surface area contributed by atoms with E-state index in [0.717, 1.165) is 42.6 Å². The Morgan fingerprint density at radius 3 is 2.40 bits per heavy atom. The fourth-order valence-corrected chi connectivity index (χ4v) is 2.45. The molecule has 0 atom stereocenters. The maximum atomic E-state index is 10.3. The SMILES string of the molecule is Cc1c(OCCCCOc2ncccn2)ccc(CCC(C)C)c1O. The standard InChI is InChI=1S/C20H28N2O3/c1-15(2)7-8-17-9-10-18(16(3)19(17)23)24-13-4-5-14-25-20-21-11-6-12-22-20/h6,9-12,15,23H,4-5,7-8,13-14H2,1-3H3. The van der Waals surface area contributed by atoms with Crippen LogP contribution in [0, 0.1) is 12.8 Å². The number of hydrogen-bond donors (Lipinski definition) is 1. The number of phenolic OH excluding ortho intramolecular Hbond substituents is 1. The molecule has 1 N–H and O–H groups in total. The van der Waals surface area contributed by atoms with Crippen molar-refractivity contribution in [3.05, 3.63) is 41.7 Å². The molecular formula is C20H28N2O3. The van der Waals surface area contributed by atoms with Crippen LogP contribution in [0.4, 0.5) is 0 Å². The number of benzene rings is 1. The van der Waals surface area contributed by atoms with Gasteiger partial charge in [0.25, 0.3) is 0 Å². The van der Waals surface area contributed by atoms with E-state index in [1.807, 2.05) is 19.1 Å². The molecule has 0 radical (unpaired) electrons. The fraction of sp³-hybridized carbons (Fsp3) is 0.500. The van der Waals surface area contributed by atoms with Gasteiger partial charge in [0, 0.05) is 18.0 Å². The third-order valence-corrected chi connectivity index (χ3v) is 4.03. The Hall–Kier alpha value is -2.30. The van der Waals surface area contributed by atoms with Crippen LogP contribution in [-0.4, -0.2) is 28.3 Å². The number of rotatable bonds is 10. The molecule has 0 bridgehead atoms. The maximum Gasteiger partial charge on any atom is 0.316 e. The number of ether oxygens (including phenoxy) is 2. The van der Waals surface area contributed by atoms with Crippen molar-refractivity contribution < 1.29 is 14.6 Å². The summed E-state index contributed by atoms with van der Waals surface area (Å²) >= 11 is 0. The first-order valence-electron chi connectivity index (χ1n) is 8.92. The van der Waals surface area contributed by atoms with Gasteiger partial charge in [-0.05, 0) is 56.2 Å². The summed E-state index contributed by atoms with van der Waals surface area (Å²) in [6.45, 7) is 7.43. The van der Waals surface area contributed by atoms with Crippen molar-refractivity contribution in [1.82, 2.24) is 9.97 Å². The summed E-state index contributed by atoms with van der Waals surface area (Å²) in [6, 6.07) is 6.09. The van der Waals surface area contributed by atoms with Gasteiger partial charge < -0.3 is 14.6 Å². The van der Waals surface area contributed by atoms with Crippen LogP contribution in [0.2, 0.25) is 0 Å². The lowest BCUT2D eigenvalue weighted by atomic mass is 10.00. The van der Waals surface area contributed by atoms with Crippen LogP contribution in [-0.2, 0) is 6.42 Å². The second-order valence-electron chi connectivity index (χ2n) is 6.56. The van der Waals surface area contributed by atoms with E-state index in [-0.39, 0.29) is 0 Å². The molecule has 0 aliphatic carbocycles. The summed E-state index contributed by atoms with van der Waals surface area (Å²) < 4.78 is 11.2. The van der Waals surface area contributed by atoms with Crippen molar-refractivity contribution in [3.63, 3.8) is 0 Å². The minimum absolute atomic E-state index is 0.364. The van der Waals surface area contributed by atoms with Crippen molar-refractivity contribution in [3.8, 4) is 17.5 Å². The van der Waals surface area contributed by atoms with Crippen molar-refractivity contribution in [2.75, 3.05) is 13.2 Å². The molecule has 0 unspecified atom stereocenters. The Balaban J connectivity index is 1.72. The molecule has 0 saturated heterocycles. The molecule has 0 fully saturated rings. The normalized spacial score (nSPS) is 10.9. The van der Waals surface area contributed by atoms with E-state index in [2.05, 4.69) is 23.8 Å². The molecule has 0 aliphatic heterocycles. The van der Waals surface area contributed by atoms with Gasteiger partial charge in [-0.25, -0.2) is 9.97 Å². The van der Waals surface area contributed by atoms with Crippen LogP contribution in [0.3, 0.4) is 0 Å². The second-order valence-corrected chi connectivity index (χ2v) is 6.56. The summed E-state index contributed by atoms with van der Waals surface area (Å²) in [7, 11) is 0. The highest BCUT2D eigenvalue weighted by Gasteiger charge is 2.10. The van der Waals surface area contributed by atoms with Crippen LogP contribution in [0.15, 0.2) is 30.6 Å². The van der Waals surface area contributed by atoms with Crippen LogP contribution in [0.5, 0.6) is 17.5 Å². The number of phenols is 1. The van der Waals surface area contributed by atoms with E-state index in [4.69, 9.17) is 9.47 Å². The number of nitrogens with zero attached hydrogens (tertiary/aromatic N) is 2. The Bertz CT molecular complexity index is 645. The lowest BCUT2D eigenvalue weighted by molar-refractivity contribution is 0.253. The zero-order valence-corrected chi connectivity index (χ0v) is 15.4. The van der Waals surface area contributed by atoms with Gasteiger partial charge >= 0.3 is 6.01 Å². The van der Waals surface area contributed by atoms with Crippen molar-refractivity contribution >= 4 is 0 Å². The lowest BCUT2D eigenvalue weighted by Crippen LogP contribution is -2.05. The first-order valence-corrected chi connectivity index (χ1v) is 8.92. The van der Waals surface area contributed by atoms with Crippen LogP contribution >= 0.6 is 0 Å². The number of aromatic hydroxyl groups is 1. The van der Waals surface area contributed by atoms with Crippen LogP contribution < -0.4 is 9.47 Å². The molecule has 1 aromatic carbocycles. The minimum Gasteiger partial charge on any atom is -0.507 e. The molecule has 0 amide bonds. The van der Waals surface area contributed by atoms with Gasteiger partial charge in [-0.1, -0.05) is 19.9 Å². The second kappa shape index (κ2) is 9.87. The topological polar surface area (TPSA) is 64.5 Å². The first kappa shape index (κ1) is 19.0. The molecule has 0 spiro atoms. The third kappa shape index (κ3) is 6.25. The fourth-order valence-electron chi connectivity index (χ4n) is 2.45. The van der Waals surface area contributed by atoms with E-state index in [0.29, 0.717) is 30.9 Å². The van der Waals surface area contributed by atoms with E-state index in [1.54, 1.807) is 18.5 Å². The predicted octanol–water partition coefficient (Wildman–Crippen LogP) is 4.32. The molecular weight excluding hydrogens is 316 g/mol. The molecule has 136 valence electrons. The molecule has 2 rings (SSSR count). The molecule has 1 aromatic heterocycles. The minimum atomic E-state index is 0.364. The Morgan fingerprint density at radius 2 is 1.72 bits per heavy atom. The Kier molecular flexibility index (Phi) is 7.51. The van der Waals surface area contributed by atoms with Crippen molar-refractivity contribution in [1.29, 1.82) is 0 Å². The highest BCUT2D eigenvalue weighted by Crippen LogP contribution is 2.31. The third-order valence-electron chi connectivity index (χ3n) is 4.03. The number of unbranched alkanes of at least 4 members (excludes halogenated alkanes) is 1. The zero-order valence-electron chi connectivity index (χ0n) is 15.4. The van der Waals surface area contributed by atoms with Gasteiger partial charge in [-0.3, -0.25) is 0 Å². The molecule has 0 saturated carbocycles. The predicted molar refractivity (Wildman–Crippen MR) is 98.3 cm³/mol. The summed E-state index contributed by atoms with van der Waals surface area (Å²) in [5.74, 6) is 1.74. The lowest BCUT2D eigenvalue weighted by Gasteiger charge is -2.14. The summed E-state index contributed by atoms with van der Waals surface area (Å²) in [4.78, 5) is 8.01. The average Bonchev–Trinajstić information content (AvgIpc) is 2.61. The van der Waals surface area contributed by atoms with E-state index in [9.17, 15) is 5.11 Å². The van der Waals surface area contributed by atoms with E-state index in [1.165, 1.54) is 0 Å². The maximum absolute atomic E-state index is 10.3. The first-order chi connectivity index (χ1) is 12.1. The zero-order chi connectivity index (χ0) is 18.1. The number of aromatic nitrogens is 2. The van der Waals surface area contributed by atoms with E-state index < -0.39 is 0 Å².